The lowest BCUT2D eigenvalue weighted by Gasteiger charge is -2.14. The summed E-state index contributed by atoms with van der Waals surface area (Å²) in [6.07, 6.45) is 0. The monoisotopic (exact) mass is 534 g/mol. The molecule has 0 unspecified atom stereocenters. The lowest BCUT2D eigenvalue weighted by atomic mass is 10.1. The number of nitrogens with one attached hydrogen (secondary N) is 2. The van der Waals surface area contributed by atoms with E-state index >= 15 is 0 Å². The average molecular weight is 535 g/mol. The van der Waals surface area contributed by atoms with Crippen molar-refractivity contribution in [3.8, 4) is 0 Å². The van der Waals surface area contributed by atoms with E-state index in [-0.39, 0.29) is 21.2 Å². The molecule has 2 N–H and O–H groups in total. The Hall–Kier alpha value is -3.15. The van der Waals surface area contributed by atoms with Gasteiger partial charge in [-0.1, -0.05) is 48.2 Å². The molecule has 35 heavy (non-hydrogen) atoms. The van der Waals surface area contributed by atoms with Gasteiger partial charge in [-0.15, -0.1) is 0 Å². The lowest BCUT2D eigenvalue weighted by molar-refractivity contribution is 0.252. The van der Waals surface area contributed by atoms with E-state index in [4.69, 9.17) is 0 Å². The largest absolute Gasteiger partial charge is 0.288 e. The second-order valence-corrected chi connectivity index (χ2v) is 12.0. The van der Waals surface area contributed by atoms with Crippen LogP contribution in [0.3, 0.4) is 0 Å². The van der Waals surface area contributed by atoms with E-state index in [1.807, 2.05) is 18.2 Å². The minimum absolute atomic E-state index is 0.0427. The molecule has 0 amide bonds. The quantitative estimate of drug-likeness (QED) is 0.268. The second-order valence-electron chi connectivity index (χ2n) is 7.60. The fourth-order valence-corrected chi connectivity index (χ4v) is 6.33. The van der Waals surface area contributed by atoms with Gasteiger partial charge in [-0.2, -0.15) is 8.78 Å². The van der Waals surface area contributed by atoms with E-state index in [9.17, 15) is 25.6 Å². The van der Waals surface area contributed by atoms with Crippen molar-refractivity contribution in [3.63, 3.8) is 0 Å². The SMILES string of the molecule is Cc1ccc(NS(=O)(=O)c2ccc3ccccc3c2)cc1S(=O)(=O)Nc1ccc(SC(F)F)cc1. The van der Waals surface area contributed by atoms with E-state index in [1.54, 1.807) is 25.1 Å². The highest BCUT2D eigenvalue weighted by molar-refractivity contribution is 7.99. The molecule has 0 aliphatic heterocycles. The van der Waals surface area contributed by atoms with Crippen LogP contribution in [0, 0.1) is 6.92 Å². The summed E-state index contributed by atoms with van der Waals surface area (Å²) in [5.74, 6) is -2.58. The lowest BCUT2D eigenvalue weighted by Crippen LogP contribution is -2.16. The molecule has 0 aliphatic carbocycles. The minimum atomic E-state index is -4.09. The van der Waals surface area contributed by atoms with Crippen LogP contribution in [0.5, 0.6) is 0 Å². The molecule has 0 heterocycles. The van der Waals surface area contributed by atoms with Crippen molar-refractivity contribution in [1.82, 2.24) is 0 Å². The number of hydrogen-bond acceptors (Lipinski definition) is 5. The Balaban J connectivity index is 1.58. The van der Waals surface area contributed by atoms with Crippen molar-refractivity contribution in [2.75, 3.05) is 9.44 Å². The van der Waals surface area contributed by atoms with Gasteiger partial charge in [-0.3, -0.25) is 9.44 Å². The number of aryl methyl sites for hydroxylation is 1. The van der Waals surface area contributed by atoms with Crippen LogP contribution in [-0.2, 0) is 20.0 Å². The summed E-state index contributed by atoms with van der Waals surface area (Å²) in [4.78, 5) is 0.215. The molecule has 0 saturated heterocycles. The van der Waals surface area contributed by atoms with Gasteiger partial charge >= 0.3 is 0 Å². The molecule has 0 aliphatic rings. The number of sulfonamides is 2. The molecule has 4 aromatic rings. The molecule has 0 bridgehead atoms. The average Bonchev–Trinajstić information content (AvgIpc) is 2.80. The molecule has 4 rings (SSSR count). The maximum absolute atomic E-state index is 13.0. The van der Waals surface area contributed by atoms with Crippen molar-refractivity contribution >= 4 is 54.0 Å². The number of anilines is 2. The van der Waals surface area contributed by atoms with Gasteiger partial charge in [0.05, 0.1) is 15.5 Å². The Morgan fingerprint density at radius 3 is 2.03 bits per heavy atom. The zero-order valence-corrected chi connectivity index (χ0v) is 20.7. The van der Waals surface area contributed by atoms with E-state index in [2.05, 4.69) is 9.44 Å². The van der Waals surface area contributed by atoms with Crippen molar-refractivity contribution < 1.29 is 25.6 Å². The van der Waals surface area contributed by atoms with Crippen LogP contribution in [0.15, 0.2) is 99.6 Å². The van der Waals surface area contributed by atoms with Gasteiger partial charge in [-0.25, -0.2) is 16.8 Å². The molecule has 182 valence electrons. The third kappa shape index (κ3) is 5.92. The summed E-state index contributed by atoms with van der Waals surface area (Å²) < 4.78 is 81.7. The third-order valence-electron chi connectivity index (χ3n) is 5.09. The fraction of sp³-hybridized carbons (Fsp3) is 0.0833. The predicted octanol–water partition coefficient (Wildman–Crippen LogP) is 6.06. The summed E-state index contributed by atoms with van der Waals surface area (Å²) >= 11 is 0.354. The first-order valence-electron chi connectivity index (χ1n) is 10.2. The molecule has 0 saturated carbocycles. The smallest absolute Gasteiger partial charge is 0.280 e. The van der Waals surface area contributed by atoms with Crippen molar-refractivity contribution in [3.05, 3.63) is 90.5 Å². The summed E-state index contributed by atoms with van der Waals surface area (Å²) in [5, 5.41) is 1.65. The number of fused-ring (bicyclic) bond motifs is 1. The van der Waals surface area contributed by atoms with Crippen LogP contribution < -0.4 is 9.44 Å². The van der Waals surface area contributed by atoms with Crippen LogP contribution in [0.1, 0.15) is 5.56 Å². The van der Waals surface area contributed by atoms with Crippen LogP contribution in [-0.4, -0.2) is 22.6 Å². The topological polar surface area (TPSA) is 92.3 Å². The van der Waals surface area contributed by atoms with Crippen LogP contribution in [0.25, 0.3) is 10.8 Å². The summed E-state index contributed by atoms with van der Waals surface area (Å²) in [6, 6.07) is 21.8. The number of alkyl halides is 2. The van der Waals surface area contributed by atoms with Gasteiger partial charge in [0.15, 0.2) is 0 Å². The Bertz CT molecular complexity index is 1590. The maximum Gasteiger partial charge on any atom is 0.288 e. The zero-order chi connectivity index (χ0) is 25.2. The molecule has 0 aromatic heterocycles. The van der Waals surface area contributed by atoms with Gasteiger partial charge in [0.25, 0.3) is 25.8 Å². The van der Waals surface area contributed by atoms with Gasteiger partial charge in [0.1, 0.15) is 0 Å². The first-order valence-corrected chi connectivity index (χ1v) is 14.1. The first-order chi connectivity index (χ1) is 16.5. The second kappa shape index (κ2) is 9.84. The van der Waals surface area contributed by atoms with Crippen LogP contribution in [0.4, 0.5) is 20.2 Å². The highest BCUT2D eigenvalue weighted by atomic mass is 32.2. The molecular formula is C24H20F2N2O4S3. The fourth-order valence-electron chi connectivity index (χ4n) is 3.42. The van der Waals surface area contributed by atoms with Crippen LogP contribution >= 0.6 is 11.8 Å². The molecular weight excluding hydrogens is 514 g/mol. The van der Waals surface area contributed by atoms with Crippen molar-refractivity contribution in [2.24, 2.45) is 0 Å². The Kier molecular flexibility index (Phi) is 7.02. The van der Waals surface area contributed by atoms with E-state index in [0.29, 0.717) is 22.2 Å². The molecule has 0 fully saturated rings. The van der Waals surface area contributed by atoms with Gasteiger partial charge in [-0.05, 0) is 71.8 Å². The number of thioether (sulfide) groups is 1. The van der Waals surface area contributed by atoms with Crippen molar-refractivity contribution in [1.29, 1.82) is 0 Å². The standard InChI is InChI=1S/C24H20F2N2O4S3/c1-16-6-8-20(28-34(29,30)22-13-7-17-4-2-3-5-18(17)14-22)15-23(16)35(31,32)27-19-9-11-21(12-10-19)33-24(25)26/h2-15,24,27-28H,1H3. The number of rotatable bonds is 8. The van der Waals surface area contributed by atoms with E-state index in [0.717, 1.165) is 10.8 Å². The Morgan fingerprint density at radius 1 is 0.714 bits per heavy atom. The highest BCUT2D eigenvalue weighted by Gasteiger charge is 2.20. The van der Waals surface area contributed by atoms with Gasteiger partial charge < -0.3 is 0 Å². The number of halogens is 2. The molecule has 0 spiro atoms. The zero-order valence-electron chi connectivity index (χ0n) is 18.3. The molecule has 4 aromatic carbocycles. The molecule has 0 atom stereocenters. The Labute approximate surface area is 206 Å². The van der Waals surface area contributed by atoms with Gasteiger partial charge in [0.2, 0.25) is 0 Å². The van der Waals surface area contributed by atoms with Crippen molar-refractivity contribution in [2.45, 2.75) is 27.4 Å². The normalized spacial score (nSPS) is 12.1. The highest BCUT2D eigenvalue weighted by Crippen LogP contribution is 2.29. The predicted molar refractivity (Wildman–Crippen MR) is 135 cm³/mol. The summed E-state index contributed by atoms with van der Waals surface area (Å²) in [5.41, 5.74) is 0.661. The molecule has 6 nitrogen and oxygen atoms in total. The van der Waals surface area contributed by atoms with Gasteiger partial charge in [0, 0.05) is 10.6 Å². The molecule has 0 radical (unpaired) electrons. The summed E-state index contributed by atoms with van der Waals surface area (Å²) in [6.45, 7) is 1.58. The number of benzene rings is 4. The van der Waals surface area contributed by atoms with E-state index < -0.39 is 25.8 Å². The third-order valence-corrected chi connectivity index (χ3v) is 8.72. The Morgan fingerprint density at radius 2 is 1.34 bits per heavy atom. The summed E-state index contributed by atoms with van der Waals surface area (Å²) in [7, 11) is -8.07. The number of hydrogen-bond donors (Lipinski definition) is 2. The van der Waals surface area contributed by atoms with Crippen LogP contribution in [0.2, 0.25) is 0 Å². The minimum Gasteiger partial charge on any atom is -0.280 e. The van der Waals surface area contributed by atoms with E-state index in [1.165, 1.54) is 48.5 Å². The molecule has 11 heteroatoms. The first kappa shape index (κ1) is 25.0. The maximum atomic E-state index is 13.0.